The average molecular weight is 277 g/mol. The van der Waals surface area contributed by atoms with E-state index in [0.717, 1.165) is 31.4 Å². The Balaban J connectivity index is 2.09. The number of rotatable bonds is 3. The molecular formula is C15H23NO2Si. The molecule has 2 aliphatic rings. The lowest BCUT2D eigenvalue weighted by Gasteiger charge is -2.40. The predicted molar refractivity (Wildman–Crippen MR) is 78.9 cm³/mol. The number of hydrogen-bond donors (Lipinski definition) is 0. The fourth-order valence-electron chi connectivity index (χ4n) is 3.04. The highest BCUT2D eigenvalue weighted by atomic mass is 28.4. The minimum atomic E-state index is -1.52. The summed E-state index contributed by atoms with van der Waals surface area (Å²) in [4.78, 5) is 13.8. The Morgan fingerprint density at radius 3 is 2.63 bits per heavy atom. The van der Waals surface area contributed by atoms with Crippen LogP contribution in [0.2, 0.25) is 19.6 Å². The third-order valence-electron chi connectivity index (χ3n) is 3.91. The van der Waals surface area contributed by atoms with Crippen LogP contribution in [0.3, 0.4) is 0 Å². The van der Waals surface area contributed by atoms with Gasteiger partial charge in [0.15, 0.2) is 0 Å². The summed E-state index contributed by atoms with van der Waals surface area (Å²) in [5.41, 5.74) is -0.0320. The molecule has 1 spiro atoms. The maximum atomic E-state index is 11.9. The van der Waals surface area contributed by atoms with Gasteiger partial charge in [-0.3, -0.25) is 4.79 Å². The number of likely N-dealkylation sites (tertiary alicyclic amines) is 1. The third kappa shape index (κ3) is 3.03. The first-order valence-electron chi connectivity index (χ1n) is 6.98. The minimum absolute atomic E-state index is 0.0320. The number of amides is 1. The highest BCUT2D eigenvalue weighted by molar-refractivity contribution is 6.70. The average Bonchev–Trinajstić information content (AvgIpc) is 2.61. The highest BCUT2D eigenvalue weighted by Crippen LogP contribution is 2.41. The Bertz CT molecular complexity index is 444. The van der Waals surface area contributed by atoms with Gasteiger partial charge in [0, 0.05) is 18.4 Å². The molecule has 104 valence electrons. The van der Waals surface area contributed by atoms with Gasteiger partial charge in [-0.15, -0.1) is 6.42 Å². The summed E-state index contributed by atoms with van der Waals surface area (Å²) in [5.74, 6) is 3.95. The van der Waals surface area contributed by atoms with Crippen molar-refractivity contribution < 1.29 is 9.22 Å². The van der Waals surface area contributed by atoms with Crippen LogP contribution in [0.15, 0.2) is 11.8 Å². The molecule has 0 N–H and O–H groups in total. The summed E-state index contributed by atoms with van der Waals surface area (Å²) in [7, 11) is -1.52. The van der Waals surface area contributed by atoms with Gasteiger partial charge in [-0.1, -0.05) is 5.92 Å². The monoisotopic (exact) mass is 277 g/mol. The minimum Gasteiger partial charge on any atom is -0.548 e. The molecule has 1 atom stereocenters. The highest BCUT2D eigenvalue weighted by Gasteiger charge is 2.45. The molecule has 3 nitrogen and oxygen atoms in total. The molecule has 1 aliphatic heterocycles. The van der Waals surface area contributed by atoms with Gasteiger partial charge in [0.25, 0.3) is 0 Å². The third-order valence-corrected chi connectivity index (χ3v) is 4.79. The largest absolute Gasteiger partial charge is 0.548 e. The van der Waals surface area contributed by atoms with Gasteiger partial charge in [-0.2, -0.15) is 0 Å². The van der Waals surface area contributed by atoms with Gasteiger partial charge in [-0.25, -0.2) is 0 Å². The smallest absolute Gasteiger partial charge is 0.241 e. The van der Waals surface area contributed by atoms with E-state index in [9.17, 15) is 4.79 Å². The van der Waals surface area contributed by atoms with E-state index in [1.54, 1.807) is 0 Å². The van der Waals surface area contributed by atoms with Crippen LogP contribution in [0.1, 0.15) is 32.1 Å². The SMILES string of the molecule is C#CCN1C(=O)CC[C@]12CC=C(O[Si](C)(C)C)CC2. The lowest BCUT2D eigenvalue weighted by atomic mass is 9.82. The Labute approximate surface area is 117 Å². The van der Waals surface area contributed by atoms with Crippen molar-refractivity contribution in [1.29, 1.82) is 0 Å². The summed E-state index contributed by atoms with van der Waals surface area (Å²) in [6, 6.07) is 0. The zero-order chi connectivity index (χ0) is 14.1. The van der Waals surface area contributed by atoms with Gasteiger partial charge in [0.2, 0.25) is 14.2 Å². The summed E-state index contributed by atoms with van der Waals surface area (Å²) >= 11 is 0. The zero-order valence-corrected chi connectivity index (χ0v) is 13.2. The maximum absolute atomic E-state index is 11.9. The molecule has 1 amide bonds. The molecular weight excluding hydrogens is 254 g/mol. The van der Waals surface area contributed by atoms with Crippen molar-refractivity contribution in [1.82, 2.24) is 4.90 Å². The fraction of sp³-hybridized carbons (Fsp3) is 0.667. The first-order valence-corrected chi connectivity index (χ1v) is 10.4. The van der Waals surface area contributed by atoms with Gasteiger partial charge >= 0.3 is 0 Å². The number of allylic oxidation sites excluding steroid dienone is 1. The lowest BCUT2D eigenvalue weighted by Crippen LogP contribution is -2.47. The van der Waals surface area contributed by atoms with Crippen molar-refractivity contribution in [3.8, 4) is 12.3 Å². The Kier molecular flexibility index (Phi) is 3.77. The summed E-state index contributed by atoms with van der Waals surface area (Å²) < 4.78 is 6.06. The number of carbonyl (C=O) groups excluding carboxylic acids is 1. The lowest BCUT2D eigenvalue weighted by molar-refractivity contribution is -0.130. The Morgan fingerprint density at radius 2 is 2.11 bits per heavy atom. The molecule has 0 aromatic heterocycles. The Morgan fingerprint density at radius 1 is 1.42 bits per heavy atom. The normalized spacial score (nSPS) is 27.4. The summed E-state index contributed by atoms with van der Waals surface area (Å²) in [5, 5.41) is 0. The molecule has 1 saturated heterocycles. The zero-order valence-electron chi connectivity index (χ0n) is 12.2. The van der Waals surface area contributed by atoms with Crippen molar-refractivity contribution >= 4 is 14.2 Å². The molecule has 0 aromatic rings. The topological polar surface area (TPSA) is 29.5 Å². The van der Waals surface area contributed by atoms with E-state index in [-0.39, 0.29) is 11.4 Å². The van der Waals surface area contributed by atoms with Crippen LogP contribution in [0, 0.1) is 12.3 Å². The van der Waals surface area contributed by atoms with E-state index in [2.05, 4.69) is 31.6 Å². The van der Waals surface area contributed by atoms with Crippen LogP contribution >= 0.6 is 0 Å². The van der Waals surface area contributed by atoms with Gasteiger partial charge in [0.1, 0.15) is 0 Å². The molecule has 1 heterocycles. The fourth-order valence-corrected chi connectivity index (χ4v) is 4.02. The van der Waals surface area contributed by atoms with Gasteiger partial charge in [-0.05, 0) is 45.0 Å². The van der Waals surface area contributed by atoms with Crippen molar-refractivity contribution in [2.24, 2.45) is 0 Å². The van der Waals surface area contributed by atoms with Crippen LogP contribution < -0.4 is 0 Å². The van der Waals surface area contributed by atoms with Crippen LogP contribution in [-0.2, 0) is 9.22 Å². The van der Waals surface area contributed by atoms with Crippen LogP contribution in [-0.4, -0.2) is 31.2 Å². The van der Waals surface area contributed by atoms with E-state index < -0.39 is 8.32 Å². The second-order valence-electron chi connectivity index (χ2n) is 6.50. The second-order valence-corrected chi connectivity index (χ2v) is 10.9. The molecule has 2 rings (SSSR count). The standard InChI is InChI=1S/C15H23NO2Si/c1-5-12-16-14(17)8-11-15(16)9-6-13(7-10-15)18-19(2,3)4/h1,6H,7-12H2,2-4H3/t15-/m1/s1. The van der Waals surface area contributed by atoms with Gasteiger partial charge in [0.05, 0.1) is 12.3 Å². The summed E-state index contributed by atoms with van der Waals surface area (Å²) in [6.45, 7) is 7.03. The molecule has 4 heteroatoms. The van der Waals surface area contributed by atoms with Crippen molar-refractivity contribution in [2.75, 3.05) is 6.54 Å². The van der Waals surface area contributed by atoms with E-state index in [0.29, 0.717) is 13.0 Å². The molecule has 0 radical (unpaired) electrons. The first-order chi connectivity index (χ1) is 8.86. The molecule has 1 fully saturated rings. The number of nitrogens with zero attached hydrogens (tertiary/aromatic N) is 1. The predicted octanol–water partition coefficient (Wildman–Crippen LogP) is 2.90. The van der Waals surface area contributed by atoms with Gasteiger partial charge < -0.3 is 9.33 Å². The molecule has 0 bridgehead atoms. The molecule has 1 aliphatic carbocycles. The number of hydrogen-bond acceptors (Lipinski definition) is 2. The van der Waals surface area contributed by atoms with Crippen molar-refractivity contribution in [3.63, 3.8) is 0 Å². The summed E-state index contributed by atoms with van der Waals surface area (Å²) in [6.07, 6.45) is 12.0. The maximum Gasteiger partial charge on any atom is 0.241 e. The molecule has 0 unspecified atom stereocenters. The Hall–Kier alpha value is -1.21. The van der Waals surface area contributed by atoms with E-state index >= 15 is 0 Å². The second kappa shape index (κ2) is 5.05. The van der Waals surface area contributed by atoms with Crippen molar-refractivity contribution in [2.45, 2.75) is 57.3 Å². The molecule has 19 heavy (non-hydrogen) atoms. The molecule has 0 aromatic carbocycles. The van der Waals surface area contributed by atoms with E-state index in [1.807, 2.05) is 4.90 Å². The number of carbonyl (C=O) groups is 1. The van der Waals surface area contributed by atoms with Crippen molar-refractivity contribution in [3.05, 3.63) is 11.8 Å². The first kappa shape index (κ1) is 14.2. The quantitative estimate of drug-likeness (QED) is 0.586. The van der Waals surface area contributed by atoms with Crippen LogP contribution in [0.4, 0.5) is 0 Å². The van der Waals surface area contributed by atoms with Crippen LogP contribution in [0.5, 0.6) is 0 Å². The van der Waals surface area contributed by atoms with Crippen LogP contribution in [0.25, 0.3) is 0 Å². The molecule has 0 saturated carbocycles. The number of terminal acetylenes is 1. The van der Waals surface area contributed by atoms with E-state index in [4.69, 9.17) is 10.8 Å². The van der Waals surface area contributed by atoms with E-state index in [1.165, 1.54) is 0 Å².